The van der Waals surface area contributed by atoms with Crippen LogP contribution in [-0.2, 0) is 0 Å². The molecule has 0 fully saturated rings. The molecule has 1 atom stereocenters. The highest BCUT2D eigenvalue weighted by molar-refractivity contribution is 9.10. The Kier molecular flexibility index (Phi) is 3.79. The number of aryl methyl sites for hydroxylation is 2. The number of nitrogens with zero attached hydrogens (tertiary/aromatic N) is 1. The Morgan fingerprint density at radius 3 is 2.56 bits per heavy atom. The third-order valence-corrected chi connectivity index (χ3v) is 5.47. The van der Waals surface area contributed by atoms with Crippen LogP contribution in [0.2, 0.25) is 0 Å². The molecule has 1 N–H and O–H groups in total. The summed E-state index contributed by atoms with van der Waals surface area (Å²) in [6, 6.07) is 2.34. The minimum Gasteiger partial charge on any atom is -0.308 e. The number of rotatable bonds is 3. The van der Waals surface area contributed by atoms with Crippen molar-refractivity contribution in [2.24, 2.45) is 0 Å². The van der Waals surface area contributed by atoms with Crippen LogP contribution in [0.15, 0.2) is 15.9 Å². The second-order valence-corrected chi connectivity index (χ2v) is 6.57. The number of hydrogen-bond acceptors (Lipinski definition) is 4. The van der Waals surface area contributed by atoms with E-state index in [0.29, 0.717) is 0 Å². The number of thiazole rings is 1. The van der Waals surface area contributed by atoms with Gasteiger partial charge in [-0.05, 0) is 48.3 Å². The van der Waals surface area contributed by atoms with Gasteiger partial charge >= 0.3 is 0 Å². The molecule has 0 radical (unpaired) electrons. The van der Waals surface area contributed by atoms with E-state index in [9.17, 15) is 0 Å². The van der Waals surface area contributed by atoms with Crippen LogP contribution in [0.25, 0.3) is 0 Å². The van der Waals surface area contributed by atoms with Crippen molar-refractivity contribution in [2.75, 3.05) is 7.05 Å². The van der Waals surface area contributed by atoms with Gasteiger partial charge in [-0.2, -0.15) is 0 Å². The summed E-state index contributed by atoms with van der Waals surface area (Å²) >= 11 is 7.12. The van der Waals surface area contributed by atoms with Gasteiger partial charge in [0.25, 0.3) is 0 Å². The lowest BCUT2D eigenvalue weighted by Crippen LogP contribution is -2.16. The molecule has 2 rings (SSSR count). The molecule has 0 spiro atoms. The zero-order chi connectivity index (χ0) is 11.7. The Morgan fingerprint density at radius 2 is 2.12 bits per heavy atom. The standard InChI is InChI=1S/C11H13BrN2S2/c1-6-10(16-7(2)14-6)9(13-3)11-8(12)4-5-15-11/h4-5,9,13H,1-3H3. The first-order chi connectivity index (χ1) is 7.63. The van der Waals surface area contributed by atoms with Crippen molar-refractivity contribution in [1.82, 2.24) is 10.3 Å². The molecule has 5 heteroatoms. The van der Waals surface area contributed by atoms with Crippen LogP contribution in [-0.4, -0.2) is 12.0 Å². The van der Waals surface area contributed by atoms with Crippen LogP contribution in [0.1, 0.15) is 26.5 Å². The quantitative estimate of drug-likeness (QED) is 0.929. The Hall–Kier alpha value is -0.230. The lowest BCUT2D eigenvalue weighted by Gasteiger charge is -2.14. The van der Waals surface area contributed by atoms with Gasteiger partial charge in [-0.3, -0.25) is 0 Å². The van der Waals surface area contributed by atoms with Crippen molar-refractivity contribution in [3.63, 3.8) is 0 Å². The number of nitrogens with one attached hydrogen (secondary N) is 1. The van der Waals surface area contributed by atoms with Gasteiger partial charge in [0.15, 0.2) is 0 Å². The molecule has 0 aliphatic carbocycles. The number of thiophene rings is 1. The number of aromatic nitrogens is 1. The number of hydrogen-bond donors (Lipinski definition) is 1. The van der Waals surface area contributed by atoms with Crippen LogP contribution in [0, 0.1) is 13.8 Å². The molecule has 2 aromatic heterocycles. The number of halogens is 1. The van der Waals surface area contributed by atoms with Crippen molar-refractivity contribution in [2.45, 2.75) is 19.9 Å². The first-order valence-electron chi connectivity index (χ1n) is 4.97. The van der Waals surface area contributed by atoms with E-state index in [0.717, 1.165) is 10.7 Å². The molecule has 0 aliphatic heterocycles. The molecular formula is C11H13BrN2S2. The fourth-order valence-electron chi connectivity index (χ4n) is 1.71. The largest absolute Gasteiger partial charge is 0.308 e. The summed E-state index contributed by atoms with van der Waals surface area (Å²) in [5.41, 5.74) is 1.13. The minimum absolute atomic E-state index is 0.251. The van der Waals surface area contributed by atoms with Crippen LogP contribution >= 0.6 is 38.6 Å². The second-order valence-electron chi connectivity index (χ2n) is 3.54. The van der Waals surface area contributed by atoms with Crippen LogP contribution in [0.4, 0.5) is 0 Å². The molecule has 2 nitrogen and oxygen atoms in total. The van der Waals surface area contributed by atoms with E-state index in [4.69, 9.17) is 0 Å². The first kappa shape index (κ1) is 12.2. The molecule has 2 aromatic rings. The summed E-state index contributed by atoms with van der Waals surface area (Å²) in [6.45, 7) is 4.13. The zero-order valence-corrected chi connectivity index (χ0v) is 12.6. The highest BCUT2D eigenvalue weighted by Crippen LogP contribution is 2.36. The van der Waals surface area contributed by atoms with Gasteiger partial charge in [0.1, 0.15) is 0 Å². The van der Waals surface area contributed by atoms with Crippen molar-refractivity contribution >= 4 is 38.6 Å². The smallest absolute Gasteiger partial charge is 0.0900 e. The summed E-state index contributed by atoms with van der Waals surface area (Å²) in [6.07, 6.45) is 0. The molecule has 2 heterocycles. The minimum atomic E-state index is 0.251. The predicted octanol–water partition coefficient (Wildman–Crippen LogP) is 3.89. The van der Waals surface area contributed by atoms with Crippen molar-refractivity contribution in [3.8, 4) is 0 Å². The molecule has 0 saturated carbocycles. The highest BCUT2D eigenvalue weighted by atomic mass is 79.9. The summed E-state index contributed by atoms with van der Waals surface area (Å²) in [7, 11) is 1.99. The van der Waals surface area contributed by atoms with Gasteiger partial charge in [-0.25, -0.2) is 4.98 Å². The molecule has 86 valence electrons. The van der Waals surface area contributed by atoms with E-state index in [1.165, 1.54) is 14.2 Å². The van der Waals surface area contributed by atoms with Gasteiger partial charge in [0.2, 0.25) is 0 Å². The van der Waals surface area contributed by atoms with Crippen molar-refractivity contribution in [3.05, 3.63) is 36.4 Å². The lowest BCUT2D eigenvalue weighted by molar-refractivity contribution is 0.707. The summed E-state index contributed by atoms with van der Waals surface area (Å²) in [5, 5.41) is 6.60. The Morgan fingerprint density at radius 1 is 1.38 bits per heavy atom. The van der Waals surface area contributed by atoms with E-state index in [-0.39, 0.29) is 6.04 Å². The van der Waals surface area contributed by atoms with Gasteiger partial charge in [-0.1, -0.05) is 0 Å². The molecule has 0 aliphatic rings. The molecule has 0 amide bonds. The lowest BCUT2D eigenvalue weighted by atomic mass is 10.2. The summed E-state index contributed by atoms with van der Waals surface area (Å²) < 4.78 is 1.17. The third kappa shape index (κ3) is 2.22. The van der Waals surface area contributed by atoms with Crippen molar-refractivity contribution in [1.29, 1.82) is 0 Å². The average molecular weight is 317 g/mol. The Balaban J connectivity index is 2.44. The Bertz CT molecular complexity index is 490. The van der Waals surface area contributed by atoms with Crippen LogP contribution < -0.4 is 5.32 Å². The topological polar surface area (TPSA) is 24.9 Å². The van der Waals surface area contributed by atoms with E-state index in [1.807, 2.05) is 7.05 Å². The zero-order valence-electron chi connectivity index (χ0n) is 9.37. The normalized spacial score (nSPS) is 13.0. The Labute approximate surface area is 112 Å². The molecule has 0 aromatic carbocycles. The third-order valence-electron chi connectivity index (χ3n) is 2.40. The maximum atomic E-state index is 4.49. The monoisotopic (exact) mass is 316 g/mol. The fourth-order valence-corrected chi connectivity index (χ4v) is 4.55. The van der Waals surface area contributed by atoms with E-state index in [2.05, 4.69) is 51.5 Å². The molecular weight excluding hydrogens is 304 g/mol. The molecule has 1 unspecified atom stereocenters. The average Bonchev–Trinajstić information content (AvgIpc) is 2.77. The van der Waals surface area contributed by atoms with Crippen LogP contribution in [0.3, 0.4) is 0 Å². The fraction of sp³-hybridized carbons (Fsp3) is 0.364. The maximum absolute atomic E-state index is 4.49. The first-order valence-corrected chi connectivity index (χ1v) is 7.46. The van der Waals surface area contributed by atoms with Gasteiger partial charge in [-0.15, -0.1) is 22.7 Å². The second kappa shape index (κ2) is 4.96. The van der Waals surface area contributed by atoms with Crippen LogP contribution in [0.5, 0.6) is 0 Å². The van der Waals surface area contributed by atoms with Gasteiger partial charge in [0.05, 0.1) is 16.7 Å². The molecule has 0 saturated heterocycles. The maximum Gasteiger partial charge on any atom is 0.0900 e. The van der Waals surface area contributed by atoms with Gasteiger partial charge < -0.3 is 5.32 Å². The van der Waals surface area contributed by atoms with Crippen molar-refractivity contribution < 1.29 is 0 Å². The predicted molar refractivity (Wildman–Crippen MR) is 74.5 cm³/mol. The highest BCUT2D eigenvalue weighted by Gasteiger charge is 2.20. The molecule has 0 bridgehead atoms. The summed E-state index contributed by atoms with van der Waals surface area (Å²) in [4.78, 5) is 7.11. The SMILES string of the molecule is CNC(c1sccc1Br)c1sc(C)nc1C. The summed E-state index contributed by atoms with van der Waals surface area (Å²) in [5.74, 6) is 0. The van der Waals surface area contributed by atoms with Gasteiger partial charge in [0, 0.05) is 14.2 Å². The molecule has 16 heavy (non-hydrogen) atoms. The van der Waals surface area contributed by atoms with E-state index < -0.39 is 0 Å². The van der Waals surface area contributed by atoms with E-state index >= 15 is 0 Å². The van der Waals surface area contributed by atoms with E-state index in [1.54, 1.807) is 22.7 Å².